The zero-order valence-electron chi connectivity index (χ0n) is 34.7. The van der Waals surface area contributed by atoms with Crippen LogP contribution in [0.3, 0.4) is 0 Å². The number of nitrogen functional groups attached to an aromatic ring is 3. The van der Waals surface area contributed by atoms with Crippen LogP contribution in [0, 0.1) is 55.4 Å². The highest BCUT2D eigenvalue weighted by molar-refractivity contribution is 5.87. The van der Waals surface area contributed by atoms with Gasteiger partial charge in [0.15, 0.2) is 39.9 Å². The summed E-state index contributed by atoms with van der Waals surface area (Å²) in [7, 11) is 7.63. The molecule has 0 saturated heterocycles. The average molecular weight is 770 g/mol. The SMILES string of the molecule is Cc1ccc(C)c(C)c1.Cc1cnc(N)c2ncn(C)c12.Cc1cnc2c(cnn2C)c1C.Cc1nc(N)c2ncn(C)c2n1.Cc1nc2c(N)ncnc2n1C. The third-order valence-corrected chi connectivity index (χ3v) is 9.50. The maximum Gasteiger partial charge on any atom is 0.165 e. The molecule has 0 aliphatic heterocycles. The average Bonchev–Trinajstić information content (AvgIpc) is 3.94. The van der Waals surface area contributed by atoms with E-state index in [1.807, 2.05) is 75.1 Å². The Kier molecular flexibility index (Phi) is 12.4. The van der Waals surface area contributed by atoms with E-state index in [0.29, 0.717) is 34.3 Å². The number of imidazole rings is 3. The van der Waals surface area contributed by atoms with E-state index in [1.54, 1.807) is 23.5 Å². The molecule has 1 aromatic carbocycles. The van der Waals surface area contributed by atoms with Gasteiger partial charge in [0.25, 0.3) is 0 Å². The Bertz CT molecular complexity index is 2820. The second-order valence-electron chi connectivity index (χ2n) is 13.9. The van der Waals surface area contributed by atoms with Crippen LogP contribution in [0.15, 0.2) is 55.8 Å². The van der Waals surface area contributed by atoms with Gasteiger partial charge in [-0.3, -0.25) is 4.68 Å². The van der Waals surface area contributed by atoms with Gasteiger partial charge < -0.3 is 30.9 Å². The number of hydrogen-bond acceptors (Lipinski definition) is 13. The molecule has 0 unspecified atom stereocenters. The van der Waals surface area contributed by atoms with Crippen LogP contribution in [0.25, 0.3) is 44.4 Å². The second-order valence-corrected chi connectivity index (χ2v) is 13.9. The Morgan fingerprint density at radius 3 is 1.86 bits per heavy atom. The van der Waals surface area contributed by atoms with Crippen LogP contribution in [0.5, 0.6) is 0 Å². The van der Waals surface area contributed by atoms with E-state index in [2.05, 4.69) is 103 Å². The molecule has 8 aromatic heterocycles. The van der Waals surface area contributed by atoms with Crippen molar-refractivity contribution in [1.29, 1.82) is 0 Å². The summed E-state index contributed by atoms with van der Waals surface area (Å²) in [5.74, 6) is 2.93. The lowest BCUT2D eigenvalue weighted by Crippen LogP contribution is -1.98. The molecule has 296 valence electrons. The van der Waals surface area contributed by atoms with Crippen molar-refractivity contribution < 1.29 is 0 Å². The molecule has 8 heterocycles. The Labute approximate surface area is 331 Å². The fourth-order valence-electron chi connectivity index (χ4n) is 5.85. The summed E-state index contributed by atoms with van der Waals surface area (Å²) in [6.45, 7) is 16.3. The van der Waals surface area contributed by atoms with Gasteiger partial charge in [-0.1, -0.05) is 23.8 Å². The molecule has 9 rings (SSSR count). The fourth-order valence-corrected chi connectivity index (χ4v) is 5.85. The summed E-state index contributed by atoms with van der Waals surface area (Å²) in [4.78, 5) is 36.9. The number of hydrogen-bond donors (Lipinski definition) is 3. The molecule has 17 heteroatoms. The number of fused-ring (bicyclic) bond motifs is 4. The number of nitrogens with zero attached hydrogens (tertiary/aromatic N) is 14. The van der Waals surface area contributed by atoms with Gasteiger partial charge in [-0.25, -0.2) is 44.9 Å². The third-order valence-electron chi connectivity index (χ3n) is 9.50. The van der Waals surface area contributed by atoms with E-state index in [-0.39, 0.29) is 0 Å². The summed E-state index contributed by atoms with van der Waals surface area (Å²) >= 11 is 0. The highest BCUT2D eigenvalue weighted by Crippen LogP contribution is 2.20. The van der Waals surface area contributed by atoms with Crippen LogP contribution < -0.4 is 17.2 Å². The molecule has 0 radical (unpaired) electrons. The van der Waals surface area contributed by atoms with E-state index in [1.165, 1.54) is 34.1 Å². The predicted molar refractivity (Wildman–Crippen MR) is 227 cm³/mol. The van der Waals surface area contributed by atoms with E-state index < -0.39 is 0 Å². The highest BCUT2D eigenvalue weighted by atomic mass is 15.3. The molecule has 17 nitrogen and oxygen atoms in total. The van der Waals surface area contributed by atoms with Crippen molar-refractivity contribution in [2.24, 2.45) is 28.2 Å². The number of rotatable bonds is 0. The number of pyridine rings is 2. The molecule has 0 atom stereocenters. The standard InChI is InChI=1S/C9H11N3.C9H12.C8H10N4.2C7H9N5/c1-6-4-10-9-8(7(6)2)5-11-12(9)3;1-7-4-5-8(2)9(3)6-7;1-5-3-10-8(9)6-7(5)12(2)4-11-6;1-4-11-5-6(8)9-3-10-7(5)12(4)2;1-4-10-6(8)5-7(11-4)12(2)3-9-5/h4-5H,1-3H3;4-6H,1-3H3;3-4H,1-2H3,(H2,9,10);3H,1-2H3,(H2,8,9,10);3H,1-2H3,(H2,8,10,11). The van der Waals surface area contributed by atoms with Crippen LogP contribution in [0.2, 0.25) is 0 Å². The van der Waals surface area contributed by atoms with Crippen LogP contribution in [-0.2, 0) is 28.2 Å². The van der Waals surface area contributed by atoms with Gasteiger partial charge in [-0.05, 0) is 83.2 Å². The Morgan fingerprint density at radius 1 is 0.526 bits per heavy atom. The fraction of sp³-hybridized carbons (Fsp3) is 0.300. The number of aryl methyl sites for hydroxylation is 12. The first-order valence-corrected chi connectivity index (χ1v) is 18.1. The molecule has 0 fully saturated rings. The van der Waals surface area contributed by atoms with Crippen molar-refractivity contribution in [2.45, 2.75) is 55.4 Å². The lowest BCUT2D eigenvalue weighted by Gasteiger charge is -1.99. The van der Waals surface area contributed by atoms with Crippen molar-refractivity contribution in [2.75, 3.05) is 17.2 Å². The van der Waals surface area contributed by atoms with Gasteiger partial charge in [0.2, 0.25) is 0 Å². The quantitative estimate of drug-likeness (QED) is 0.172. The number of nitrogens with two attached hydrogens (primary N) is 3. The van der Waals surface area contributed by atoms with E-state index in [0.717, 1.165) is 44.7 Å². The van der Waals surface area contributed by atoms with Gasteiger partial charge in [0.05, 0.1) is 24.4 Å². The van der Waals surface area contributed by atoms with Crippen LogP contribution in [0.1, 0.15) is 45.0 Å². The first kappa shape index (κ1) is 41.1. The lowest BCUT2D eigenvalue weighted by molar-refractivity contribution is 0.786. The van der Waals surface area contributed by atoms with Gasteiger partial charge >= 0.3 is 0 Å². The summed E-state index contributed by atoms with van der Waals surface area (Å²) in [6, 6.07) is 6.50. The molecule has 6 N–H and O–H groups in total. The summed E-state index contributed by atoms with van der Waals surface area (Å²) in [6.07, 6.45) is 10.4. The molecule has 0 amide bonds. The first-order chi connectivity index (χ1) is 27.0. The smallest absolute Gasteiger partial charge is 0.165 e. The van der Waals surface area contributed by atoms with Crippen molar-refractivity contribution in [3.63, 3.8) is 0 Å². The predicted octanol–water partition coefficient (Wildman–Crippen LogP) is 5.56. The zero-order chi connectivity index (χ0) is 41.7. The van der Waals surface area contributed by atoms with Gasteiger partial charge in [0, 0.05) is 46.0 Å². The van der Waals surface area contributed by atoms with E-state index in [9.17, 15) is 0 Å². The molecule has 9 aromatic rings. The number of anilines is 3. The van der Waals surface area contributed by atoms with Crippen molar-refractivity contribution in [3.05, 3.63) is 101 Å². The Balaban J connectivity index is 0.000000137. The monoisotopic (exact) mass is 769 g/mol. The van der Waals surface area contributed by atoms with Gasteiger partial charge in [-0.2, -0.15) is 5.10 Å². The number of benzene rings is 1. The van der Waals surface area contributed by atoms with Crippen molar-refractivity contribution in [1.82, 2.24) is 68.3 Å². The molecular weight excluding hydrogens is 719 g/mol. The maximum absolute atomic E-state index is 5.65. The van der Waals surface area contributed by atoms with Gasteiger partial charge in [0.1, 0.15) is 29.0 Å². The molecule has 0 aliphatic carbocycles. The minimum absolute atomic E-state index is 0.434. The summed E-state index contributed by atoms with van der Waals surface area (Å²) in [5.41, 5.74) is 30.3. The third kappa shape index (κ3) is 9.09. The maximum atomic E-state index is 5.65. The summed E-state index contributed by atoms with van der Waals surface area (Å²) < 4.78 is 7.44. The lowest BCUT2D eigenvalue weighted by atomic mass is 10.1. The van der Waals surface area contributed by atoms with Crippen LogP contribution in [0.4, 0.5) is 17.5 Å². The zero-order valence-corrected chi connectivity index (χ0v) is 34.7. The largest absolute Gasteiger partial charge is 0.382 e. The molecule has 0 bridgehead atoms. The van der Waals surface area contributed by atoms with Gasteiger partial charge in [-0.15, -0.1) is 0 Å². The van der Waals surface area contributed by atoms with Crippen LogP contribution in [-0.4, -0.2) is 68.3 Å². The van der Waals surface area contributed by atoms with Crippen molar-refractivity contribution in [3.8, 4) is 0 Å². The summed E-state index contributed by atoms with van der Waals surface area (Å²) in [5, 5.41) is 5.30. The molecule has 0 spiro atoms. The first-order valence-electron chi connectivity index (χ1n) is 18.1. The normalized spacial score (nSPS) is 10.7. The molecular formula is C40H51N17. The Hall–Kier alpha value is -7.04. The van der Waals surface area contributed by atoms with Crippen molar-refractivity contribution >= 4 is 61.8 Å². The van der Waals surface area contributed by atoms with Crippen LogP contribution >= 0.6 is 0 Å². The molecule has 0 aliphatic rings. The number of aromatic nitrogens is 14. The molecule has 57 heavy (non-hydrogen) atoms. The minimum atomic E-state index is 0.434. The van der Waals surface area contributed by atoms with E-state index in [4.69, 9.17) is 17.2 Å². The Morgan fingerprint density at radius 2 is 1.19 bits per heavy atom. The molecule has 0 saturated carbocycles. The topological polar surface area (TPSA) is 227 Å². The minimum Gasteiger partial charge on any atom is -0.382 e. The highest BCUT2D eigenvalue weighted by Gasteiger charge is 2.09. The van der Waals surface area contributed by atoms with E-state index >= 15 is 0 Å². The second kappa shape index (κ2) is 17.2.